The van der Waals surface area contributed by atoms with Gasteiger partial charge in [0.1, 0.15) is 0 Å². The molecule has 2 aliphatic rings. The van der Waals surface area contributed by atoms with Gasteiger partial charge in [-0.25, -0.2) is 0 Å². The molecule has 1 atom stereocenters. The molecule has 5 nitrogen and oxygen atoms in total. The Hall–Kier alpha value is -0.810. The van der Waals surface area contributed by atoms with E-state index in [0.29, 0.717) is 5.41 Å². The number of guanidine groups is 1. The molecule has 2 rings (SSSR count). The van der Waals surface area contributed by atoms with Gasteiger partial charge in [-0.2, -0.15) is 0 Å². The van der Waals surface area contributed by atoms with Crippen molar-refractivity contribution in [2.45, 2.75) is 58.8 Å². The van der Waals surface area contributed by atoms with Gasteiger partial charge in [0, 0.05) is 46.4 Å². The molecule has 2 N–H and O–H groups in total. The molecule has 1 aliphatic heterocycles. The van der Waals surface area contributed by atoms with E-state index >= 15 is 0 Å². The van der Waals surface area contributed by atoms with Crippen LogP contribution in [0.4, 0.5) is 0 Å². The lowest BCUT2D eigenvalue weighted by atomic mass is 9.83. The standard InChI is InChI=1S/C20H40N4O/c1-4-21-19(22-12-14-24-13-7-8-18(2)16-24)23-17-20(11-15-25-3)9-5-6-10-20/h18H,4-17H2,1-3H3,(H2,21,22,23). The zero-order chi connectivity index (χ0) is 18.0. The van der Waals surface area contributed by atoms with Crippen LogP contribution in [-0.4, -0.2) is 63.8 Å². The molecule has 1 saturated heterocycles. The first-order valence-electron chi connectivity index (χ1n) is 10.4. The van der Waals surface area contributed by atoms with Crippen LogP contribution in [0.1, 0.15) is 58.8 Å². The molecule has 0 bridgehead atoms. The SMILES string of the molecule is CCNC(=NCC1(CCOC)CCCC1)NCCN1CCCC(C)C1. The second kappa shape index (κ2) is 11.0. The number of hydrogen-bond acceptors (Lipinski definition) is 3. The predicted molar refractivity (Wildman–Crippen MR) is 106 cm³/mol. The monoisotopic (exact) mass is 352 g/mol. The first kappa shape index (κ1) is 20.5. The molecule has 0 spiro atoms. The molecule has 1 heterocycles. The maximum Gasteiger partial charge on any atom is 0.191 e. The van der Waals surface area contributed by atoms with Gasteiger partial charge >= 0.3 is 0 Å². The lowest BCUT2D eigenvalue weighted by Gasteiger charge is -2.31. The summed E-state index contributed by atoms with van der Waals surface area (Å²) in [6.07, 6.45) is 9.15. The number of rotatable bonds is 9. The second-order valence-electron chi connectivity index (χ2n) is 8.12. The molecule has 0 radical (unpaired) electrons. The molecule has 0 aromatic rings. The minimum absolute atomic E-state index is 0.362. The normalized spacial score (nSPS) is 24.4. The lowest BCUT2D eigenvalue weighted by Crippen LogP contribution is -2.44. The third-order valence-electron chi connectivity index (χ3n) is 5.88. The molecule has 2 fully saturated rings. The minimum Gasteiger partial charge on any atom is -0.385 e. The van der Waals surface area contributed by atoms with Gasteiger partial charge in [-0.15, -0.1) is 0 Å². The van der Waals surface area contributed by atoms with Crippen LogP contribution in [0.2, 0.25) is 0 Å². The van der Waals surface area contributed by atoms with Crippen molar-refractivity contribution in [1.82, 2.24) is 15.5 Å². The van der Waals surface area contributed by atoms with Crippen molar-refractivity contribution in [3.8, 4) is 0 Å². The highest BCUT2D eigenvalue weighted by Gasteiger charge is 2.33. The van der Waals surface area contributed by atoms with E-state index in [0.717, 1.165) is 51.1 Å². The molecular formula is C20H40N4O. The summed E-state index contributed by atoms with van der Waals surface area (Å²) in [6.45, 7) is 11.8. The van der Waals surface area contributed by atoms with Crippen molar-refractivity contribution in [1.29, 1.82) is 0 Å². The molecule has 0 aromatic carbocycles. The van der Waals surface area contributed by atoms with Crippen molar-refractivity contribution in [3.63, 3.8) is 0 Å². The highest BCUT2D eigenvalue weighted by Crippen LogP contribution is 2.41. The Labute approximate surface area is 155 Å². The van der Waals surface area contributed by atoms with Crippen molar-refractivity contribution >= 4 is 5.96 Å². The molecule has 1 unspecified atom stereocenters. The Kier molecular flexibility index (Phi) is 9.04. The number of hydrogen-bond donors (Lipinski definition) is 2. The van der Waals surface area contributed by atoms with Crippen LogP contribution in [0.5, 0.6) is 0 Å². The maximum atomic E-state index is 5.34. The van der Waals surface area contributed by atoms with Crippen LogP contribution in [0, 0.1) is 11.3 Å². The maximum absolute atomic E-state index is 5.34. The predicted octanol–water partition coefficient (Wildman–Crippen LogP) is 2.87. The Bertz CT molecular complexity index is 393. The summed E-state index contributed by atoms with van der Waals surface area (Å²) in [5.74, 6) is 1.83. The van der Waals surface area contributed by atoms with Crippen LogP contribution >= 0.6 is 0 Å². The molecule has 0 aromatic heterocycles. The zero-order valence-electron chi connectivity index (χ0n) is 16.8. The number of likely N-dealkylation sites (tertiary alicyclic amines) is 1. The van der Waals surface area contributed by atoms with Gasteiger partial charge in [-0.05, 0) is 56.9 Å². The Morgan fingerprint density at radius 1 is 1.24 bits per heavy atom. The molecule has 0 amide bonds. The van der Waals surface area contributed by atoms with E-state index < -0.39 is 0 Å². The fourth-order valence-electron chi connectivity index (χ4n) is 4.34. The quantitative estimate of drug-likeness (QED) is 0.495. The summed E-state index contributed by atoms with van der Waals surface area (Å²) >= 11 is 0. The van der Waals surface area contributed by atoms with Gasteiger partial charge in [0.2, 0.25) is 0 Å². The molecular weight excluding hydrogens is 312 g/mol. The van der Waals surface area contributed by atoms with E-state index in [9.17, 15) is 0 Å². The number of nitrogens with zero attached hydrogens (tertiary/aromatic N) is 2. The van der Waals surface area contributed by atoms with Gasteiger partial charge < -0.3 is 20.3 Å². The Balaban J connectivity index is 1.80. The number of aliphatic imine (C=N–C) groups is 1. The lowest BCUT2D eigenvalue weighted by molar-refractivity contribution is 0.141. The second-order valence-corrected chi connectivity index (χ2v) is 8.12. The van der Waals surface area contributed by atoms with Crippen LogP contribution in [-0.2, 0) is 4.74 Å². The van der Waals surface area contributed by atoms with Gasteiger partial charge in [0.15, 0.2) is 5.96 Å². The van der Waals surface area contributed by atoms with Crippen molar-refractivity contribution < 1.29 is 4.74 Å². The fourth-order valence-corrected chi connectivity index (χ4v) is 4.34. The molecule has 146 valence electrons. The molecule has 5 heteroatoms. The first-order valence-corrected chi connectivity index (χ1v) is 10.4. The van der Waals surface area contributed by atoms with Crippen LogP contribution in [0.3, 0.4) is 0 Å². The number of piperidine rings is 1. The topological polar surface area (TPSA) is 48.9 Å². The van der Waals surface area contributed by atoms with Crippen molar-refractivity contribution in [2.24, 2.45) is 16.3 Å². The third kappa shape index (κ3) is 7.14. The van der Waals surface area contributed by atoms with E-state index in [1.165, 1.54) is 51.6 Å². The summed E-state index contributed by atoms with van der Waals surface area (Å²) in [6, 6.07) is 0. The molecule has 1 saturated carbocycles. The van der Waals surface area contributed by atoms with Crippen LogP contribution < -0.4 is 10.6 Å². The Morgan fingerprint density at radius 3 is 2.72 bits per heavy atom. The molecule has 1 aliphatic carbocycles. The fraction of sp³-hybridized carbons (Fsp3) is 0.950. The highest BCUT2D eigenvalue weighted by molar-refractivity contribution is 5.79. The van der Waals surface area contributed by atoms with E-state index in [4.69, 9.17) is 9.73 Å². The van der Waals surface area contributed by atoms with Crippen LogP contribution in [0.25, 0.3) is 0 Å². The Morgan fingerprint density at radius 2 is 2.04 bits per heavy atom. The smallest absolute Gasteiger partial charge is 0.191 e. The van der Waals surface area contributed by atoms with E-state index in [-0.39, 0.29) is 0 Å². The highest BCUT2D eigenvalue weighted by atomic mass is 16.5. The van der Waals surface area contributed by atoms with E-state index in [2.05, 4.69) is 29.4 Å². The summed E-state index contributed by atoms with van der Waals surface area (Å²) in [5, 5.41) is 6.96. The van der Waals surface area contributed by atoms with Gasteiger partial charge in [-0.1, -0.05) is 19.8 Å². The van der Waals surface area contributed by atoms with Crippen molar-refractivity contribution in [2.75, 3.05) is 53.0 Å². The van der Waals surface area contributed by atoms with Crippen LogP contribution in [0.15, 0.2) is 4.99 Å². The van der Waals surface area contributed by atoms with Gasteiger partial charge in [0.05, 0.1) is 0 Å². The largest absolute Gasteiger partial charge is 0.385 e. The average molecular weight is 353 g/mol. The minimum atomic E-state index is 0.362. The summed E-state index contributed by atoms with van der Waals surface area (Å²) in [7, 11) is 1.80. The van der Waals surface area contributed by atoms with Crippen molar-refractivity contribution in [3.05, 3.63) is 0 Å². The van der Waals surface area contributed by atoms with Gasteiger partial charge in [0.25, 0.3) is 0 Å². The zero-order valence-corrected chi connectivity index (χ0v) is 16.8. The van der Waals surface area contributed by atoms with E-state index in [1.807, 2.05) is 0 Å². The van der Waals surface area contributed by atoms with E-state index in [1.54, 1.807) is 7.11 Å². The van der Waals surface area contributed by atoms with Gasteiger partial charge in [-0.3, -0.25) is 4.99 Å². The number of ether oxygens (including phenoxy) is 1. The average Bonchev–Trinajstić information content (AvgIpc) is 3.07. The third-order valence-corrected chi connectivity index (χ3v) is 5.88. The first-order chi connectivity index (χ1) is 12.2. The molecule has 25 heavy (non-hydrogen) atoms. The number of nitrogens with one attached hydrogen (secondary N) is 2. The summed E-state index contributed by atoms with van der Waals surface area (Å²) in [5.41, 5.74) is 0.362. The summed E-state index contributed by atoms with van der Waals surface area (Å²) in [4.78, 5) is 7.52. The number of methoxy groups -OCH3 is 1. The summed E-state index contributed by atoms with van der Waals surface area (Å²) < 4.78 is 5.34.